The largest absolute Gasteiger partial charge is 0.399 e. The maximum atomic E-state index is 13.2. The lowest BCUT2D eigenvalue weighted by atomic mass is 10.1. The summed E-state index contributed by atoms with van der Waals surface area (Å²) in [5.41, 5.74) is 13.2. The highest BCUT2D eigenvalue weighted by molar-refractivity contribution is 6.32. The minimum absolute atomic E-state index is 0.0527. The highest BCUT2D eigenvalue weighted by Crippen LogP contribution is 2.27. The van der Waals surface area contributed by atoms with Crippen molar-refractivity contribution in [1.82, 2.24) is 19.9 Å². The van der Waals surface area contributed by atoms with Gasteiger partial charge in [0.25, 0.3) is 5.56 Å². The molecule has 0 aliphatic carbocycles. The maximum Gasteiger partial charge on any atom is 0.294 e. The lowest BCUT2D eigenvalue weighted by molar-refractivity contribution is -0.121. The fourth-order valence-corrected chi connectivity index (χ4v) is 3.39. The van der Waals surface area contributed by atoms with Crippen LogP contribution in [0.25, 0.3) is 11.3 Å². The van der Waals surface area contributed by atoms with Crippen molar-refractivity contribution in [1.29, 1.82) is 5.41 Å². The lowest BCUT2D eigenvalue weighted by Crippen LogP contribution is -2.35. The van der Waals surface area contributed by atoms with E-state index in [1.54, 1.807) is 36.4 Å². The van der Waals surface area contributed by atoms with Crippen LogP contribution in [0.1, 0.15) is 25.1 Å². The Morgan fingerprint density at radius 3 is 2.64 bits per heavy atom. The van der Waals surface area contributed by atoms with Crippen LogP contribution in [-0.4, -0.2) is 32.3 Å². The molecule has 0 radical (unpaired) electrons. The number of hydrogen-bond acceptors (Lipinski definition) is 7. The molecule has 172 valence electrons. The van der Waals surface area contributed by atoms with Crippen molar-refractivity contribution in [2.24, 2.45) is 5.73 Å². The Morgan fingerprint density at radius 2 is 2.03 bits per heavy atom. The molecule has 11 heteroatoms. The van der Waals surface area contributed by atoms with Gasteiger partial charge >= 0.3 is 0 Å². The Hall–Kier alpha value is -3.92. The second kappa shape index (κ2) is 10.1. The molecule has 3 rings (SSSR count). The summed E-state index contributed by atoms with van der Waals surface area (Å²) in [6.07, 6.45) is 1.46. The minimum atomic E-state index is -0.482. The number of anilines is 2. The molecule has 10 nitrogen and oxygen atoms in total. The molecule has 0 saturated heterocycles. The lowest BCUT2D eigenvalue weighted by Gasteiger charge is -2.17. The summed E-state index contributed by atoms with van der Waals surface area (Å²) in [5, 5.41) is 13.2. The molecule has 1 amide bonds. The normalized spacial score (nSPS) is 10.8. The van der Waals surface area contributed by atoms with E-state index < -0.39 is 11.5 Å². The zero-order valence-electron chi connectivity index (χ0n) is 18.2. The van der Waals surface area contributed by atoms with Gasteiger partial charge in [0.15, 0.2) is 11.0 Å². The zero-order chi connectivity index (χ0) is 24.1. The molecule has 7 N–H and O–H groups in total. The summed E-state index contributed by atoms with van der Waals surface area (Å²) >= 11 is 6.45. The van der Waals surface area contributed by atoms with Crippen LogP contribution in [0.3, 0.4) is 0 Å². The number of aromatic nitrogens is 3. The average Bonchev–Trinajstić information content (AvgIpc) is 2.75. The number of nitrogens with zero attached hydrogens (tertiary/aromatic N) is 3. The summed E-state index contributed by atoms with van der Waals surface area (Å²) in [5.74, 6) is -0.457. The third-order valence-corrected chi connectivity index (χ3v) is 4.88. The van der Waals surface area contributed by atoms with Crippen molar-refractivity contribution in [3.8, 4) is 11.3 Å². The monoisotopic (exact) mass is 468 g/mol. The van der Waals surface area contributed by atoms with Gasteiger partial charge in [0.1, 0.15) is 12.4 Å². The first kappa shape index (κ1) is 23.7. The van der Waals surface area contributed by atoms with Crippen LogP contribution in [0.2, 0.25) is 5.15 Å². The Kier molecular flexibility index (Phi) is 7.29. The number of carbonyl (C=O) groups excluding carboxylic acids is 1. The summed E-state index contributed by atoms with van der Waals surface area (Å²) in [6.45, 7) is 3.57. The van der Waals surface area contributed by atoms with E-state index >= 15 is 0 Å². The van der Waals surface area contributed by atoms with E-state index in [2.05, 4.69) is 20.6 Å². The van der Waals surface area contributed by atoms with E-state index in [-0.39, 0.29) is 35.9 Å². The molecular formula is C22H25ClN8O2. The summed E-state index contributed by atoms with van der Waals surface area (Å²) in [7, 11) is 0. The molecule has 1 aromatic carbocycles. The molecule has 0 aliphatic heterocycles. The van der Waals surface area contributed by atoms with Gasteiger partial charge in [0.2, 0.25) is 5.91 Å². The van der Waals surface area contributed by atoms with Gasteiger partial charge < -0.3 is 22.1 Å². The molecule has 2 heterocycles. The van der Waals surface area contributed by atoms with E-state index in [1.807, 2.05) is 13.8 Å². The molecule has 0 fully saturated rings. The highest BCUT2D eigenvalue weighted by atomic mass is 35.5. The van der Waals surface area contributed by atoms with E-state index in [4.69, 9.17) is 28.5 Å². The fraction of sp³-hybridized carbons (Fsp3) is 0.227. The van der Waals surface area contributed by atoms with Crippen LogP contribution in [-0.2, 0) is 17.9 Å². The smallest absolute Gasteiger partial charge is 0.294 e. The van der Waals surface area contributed by atoms with Crippen LogP contribution >= 0.6 is 11.6 Å². The van der Waals surface area contributed by atoms with Gasteiger partial charge in [-0.3, -0.25) is 24.5 Å². The molecule has 0 spiro atoms. The van der Waals surface area contributed by atoms with E-state index in [1.165, 1.54) is 10.8 Å². The van der Waals surface area contributed by atoms with Gasteiger partial charge in [-0.1, -0.05) is 23.7 Å². The molecule has 0 unspecified atom stereocenters. The number of benzene rings is 1. The summed E-state index contributed by atoms with van der Waals surface area (Å²) in [4.78, 5) is 34.3. The quantitative estimate of drug-likeness (QED) is 0.191. The van der Waals surface area contributed by atoms with Gasteiger partial charge in [-0.05, 0) is 38.1 Å². The Balaban J connectivity index is 1.90. The average molecular weight is 469 g/mol. The van der Waals surface area contributed by atoms with Gasteiger partial charge in [-0.15, -0.1) is 0 Å². The summed E-state index contributed by atoms with van der Waals surface area (Å²) < 4.78 is 1.27. The predicted molar refractivity (Wildman–Crippen MR) is 129 cm³/mol. The van der Waals surface area contributed by atoms with Crippen LogP contribution in [0, 0.1) is 5.41 Å². The fourth-order valence-electron chi connectivity index (χ4n) is 3.10. The Labute approximate surface area is 195 Å². The van der Waals surface area contributed by atoms with E-state index in [0.29, 0.717) is 28.2 Å². The minimum Gasteiger partial charge on any atom is -0.399 e. The Morgan fingerprint density at radius 1 is 1.27 bits per heavy atom. The van der Waals surface area contributed by atoms with Crippen molar-refractivity contribution in [2.75, 3.05) is 11.1 Å². The number of hydrogen-bond donors (Lipinski definition) is 5. The zero-order valence-corrected chi connectivity index (χ0v) is 19.0. The number of halogens is 1. The van der Waals surface area contributed by atoms with Crippen molar-refractivity contribution in [3.05, 3.63) is 69.4 Å². The number of rotatable bonds is 8. The van der Waals surface area contributed by atoms with Gasteiger partial charge in [0.05, 0.1) is 17.9 Å². The van der Waals surface area contributed by atoms with E-state index in [0.717, 1.165) is 0 Å². The number of nitrogens with one attached hydrogen (secondary N) is 3. The van der Waals surface area contributed by atoms with E-state index in [9.17, 15) is 9.59 Å². The molecule has 33 heavy (non-hydrogen) atoms. The second-order valence-corrected chi connectivity index (χ2v) is 8.00. The van der Waals surface area contributed by atoms with Crippen molar-refractivity contribution in [3.63, 3.8) is 0 Å². The van der Waals surface area contributed by atoms with Crippen molar-refractivity contribution < 1.29 is 4.79 Å². The van der Waals surface area contributed by atoms with Crippen molar-refractivity contribution in [2.45, 2.75) is 33.0 Å². The standard InChI is InChI=1S/C22H25ClN8O2/c1-12(2)29-21-22(33)31(18(19(23)30-21)13-4-3-5-15(24)8-13)11-17(32)28-10-16-7-6-14(9-27-16)20(25)26/h3-9,12H,10-11,24H2,1-2H3,(H3,25,26)(H,28,32)(H,29,30). The molecule has 0 aliphatic rings. The van der Waals surface area contributed by atoms with Crippen LogP contribution in [0.15, 0.2) is 47.4 Å². The van der Waals surface area contributed by atoms with Crippen LogP contribution in [0.4, 0.5) is 11.5 Å². The second-order valence-electron chi connectivity index (χ2n) is 7.64. The van der Waals surface area contributed by atoms with Gasteiger partial charge in [-0.25, -0.2) is 4.98 Å². The third kappa shape index (κ3) is 5.86. The number of amidine groups is 1. The molecule has 0 saturated carbocycles. The molecular weight excluding hydrogens is 444 g/mol. The molecule has 0 bridgehead atoms. The number of nitrogen functional groups attached to an aromatic ring is 2. The molecule has 0 atom stereocenters. The highest BCUT2D eigenvalue weighted by Gasteiger charge is 2.20. The van der Waals surface area contributed by atoms with Gasteiger partial charge in [-0.2, -0.15) is 0 Å². The van der Waals surface area contributed by atoms with Crippen LogP contribution in [0.5, 0.6) is 0 Å². The SMILES string of the molecule is CC(C)Nc1nc(Cl)c(-c2cccc(N)c2)n(CC(=O)NCc2ccc(C(=N)N)cn2)c1=O. The molecule has 3 aromatic rings. The van der Waals surface area contributed by atoms with Crippen molar-refractivity contribution >= 4 is 34.8 Å². The Bertz CT molecular complexity index is 1240. The number of amides is 1. The van der Waals surface area contributed by atoms with Crippen LogP contribution < -0.4 is 27.7 Å². The maximum absolute atomic E-state index is 13.2. The topological polar surface area (TPSA) is 165 Å². The third-order valence-electron chi connectivity index (χ3n) is 4.61. The molecule has 2 aromatic heterocycles. The summed E-state index contributed by atoms with van der Waals surface area (Å²) in [6, 6.07) is 10.1. The predicted octanol–water partition coefficient (Wildman–Crippen LogP) is 1.96. The number of nitrogens with two attached hydrogens (primary N) is 2. The number of carbonyl (C=O) groups is 1. The first-order chi connectivity index (χ1) is 15.7. The number of pyridine rings is 1. The first-order valence-corrected chi connectivity index (χ1v) is 10.5. The van der Waals surface area contributed by atoms with Gasteiger partial charge in [0, 0.05) is 29.1 Å². The first-order valence-electron chi connectivity index (χ1n) is 10.1.